The van der Waals surface area contributed by atoms with Gasteiger partial charge in [-0.25, -0.2) is 4.79 Å². The number of carbonyl (C=O) groups is 3. The van der Waals surface area contributed by atoms with Gasteiger partial charge >= 0.3 is 17.9 Å². The molecule has 254 valence electrons. The third-order valence-corrected chi connectivity index (χ3v) is 9.40. The number of rotatable bonds is 6. The van der Waals surface area contributed by atoms with Crippen molar-refractivity contribution in [3.8, 4) is 0 Å². The van der Waals surface area contributed by atoms with Crippen LogP contribution in [0, 0.1) is 11.8 Å². The number of esters is 3. The maximum Gasteiger partial charge on any atom is 0.346 e. The van der Waals surface area contributed by atoms with E-state index in [1.807, 2.05) is 18.2 Å². The SMILES string of the molecule is CCCC(=O)O[C@@H]1C[C@H]2C[C@@H](O)C[C@@H](C[C@@H](C)/C=C/C=C/C[C@H]3O[C@H](C[C@H]3C)[C@H](O)C[C@H]3OC(=O)[C@@]1(O)[C@H]3OC(=O)CCC)O2. The first kappa shape index (κ1) is 35.5. The second kappa shape index (κ2) is 16.0. The van der Waals surface area contributed by atoms with Crippen molar-refractivity contribution in [2.45, 2.75) is 159 Å². The summed E-state index contributed by atoms with van der Waals surface area (Å²) in [7, 11) is 0. The first-order valence-electron chi connectivity index (χ1n) is 16.8. The number of hydrogen-bond donors (Lipinski definition) is 3. The van der Waals surface area contributed by atoms with Crippen LogP contribution in [-0.2, 0) is 38.1 Å². The van der Waals surface area contributed by atoms with Crippen molar-refractivity contribution in [1.29, 1.82) is 0 Å². The summed E-state index contributed by atoms with van der Waals surface area (Å²) < 4.78 is 29.7. The van der Waals surface area contributed by atoms with Crippen molar-refractivity contribution in [3.63, 3.8) is 0 Å². The van der Waals surface area contributed by atoms with Gasteiger partial charge in [0.1, 0.15) is 12.2 Å². The Balaban J connectivity index is 1.71. The second-order valence-electron chi connectivity index (χ2n) is 13.4. The molecule has 0 amide bonds. The first-order chi connectivity index (χ1) is 21.4. The molecule has 3 saturated heterocycles. The highest BCUT2D eigenvalue weighted by molar-refractivity contribution is 5.85. The van der Waals surface area contributed by atoms with E-state index in [9.17, 15) is 29.7 Å². The minimum absolute atomic E-state index is 0.0288. The third-order valence-electron chi connectivity index (χ3n) is 9.40. The predicted molar refractivity (Wildman–Crippen MR) is 163 cm³/mol. The molecule has 0 aromatic carbocycles. The molecule has 11 nitrogen and oxygen atoms in total. The fourth-order valence-corrected chi connectivity index (χ4v) is 7.01. The molecule has 0 spiro atoms. The highest BCUT2D eigenvalue weighted by Crippen LogP contribution is 2.41. The molecule has 0 aromatic rings. The molecule has 3 fully saturated rings. The number of aliphatic hydroxyl groups is 3. The normalized spacial score (nSPS) is 42.3. The average Bonchev–Trinajstić information content (AvgIpc) is 3.44. The molecule has 0 aliphatic carbocycles. The highest BCUT2D eigenvalue weighted by atomic mass is 16.6. The Bertz CT molecular complexity index is 1070. The van der Waals surface area contributed by atoms with E-state index in [2.05, 4.69) is 19.9 Å². The number of hydrogen-bond acceptors (Lipinski definition) is 11. The van der Waals surface area contributed by atoms with Crippen LogP contribution in [0.1, 0.15) is 98.3 Å². The number of carbonyl (C=O) groups excluding carboxylic acids is 3. The summed E-state index contributed by atoms with van der Waals surface area (Å²) in [6.45, 7) is 7.71. The molecule has 45 heavy (non-hydrogen) atoms. The Morgan fingerprint density at radius 1 is 0.867 bits per heavy atom. The van der Waals surface area contributed by atoms with E-state index in [0.29, 0.717) is 38.5 Å². The lowest BCUT2D eigenvalue weighted by Crippen LogP contribution is -2.59. The fourth-order valence-electron chi connectivity index (χ4n) is 7.01. The fraction of sp³-hybridized carbons (Fsp3) is 0.794. The lowest BCUT2D eigenvalue weighted by Gasteiger charge is -2.39. The molecule has 4 heterocycles. The summed E-state index contributed by atoms with van der Waals surface area (Å²) in [4.78, 5) is 39.3. The zero-order chi connectivity index (χ0) is 32.7. The van der Waals surface area contributed by atoms with Crippen molar-refractivity contribution in [2.75, 3.05) is 0 Å². The Morgan fingerprint density at radius 3 is 2.22 bits per heavy atom. The summed E-state index contributed by atoms with van der Waals surface area (Å²) in [5.74, 6) is -2.11. The van der Waals surface area contributed by atoms with Crippen LogP contribution in [0.3, 0.4) is 0 Å². The zero-order valence-electron chi connectivity index (χ0n) is 27.0. The smallest absolute Gasteiger partial charge is 0.346 e. The van der Waals surface area contributed by atoms with Crippen LogP contribution in [0.5, 0.6) is 0 Å². The number of ether oxygens (including phenoxy) is 5. The molecule has 4 aliphatic rings. The van der Waals surface area contributed by atoms with Crippen molar-refractivity contribution >= 4 is 17.9 Å². The van der Waals surface area contributed by atoms with Crippen LogP contribution in [0.15, 0.2) is 24.3 Å². The van der Waals surface area contributed by atoms with Crippen LogP contribution in [0.2, 0.25) is 0 Å². The minimum atomic E-state index is -2.56. The van der Waals surface area contributed by atoms with Crippen molar-refractivity contribution in [1.82, 2.24) is 0 Å². The highest BCUT2D eigenvalue weighted by Gasteiger charge is 2.65. The molecule has 12 atom stereocenters. The van der Waals surface area contributed by atoms with Gasteiger partial charge in [0.2, 0.25) is 5.60 Å². The minimum Gasteiger partial charge on any atom is -0.458 e. The van der Waals surface area contributed by atoms with Gasteiger partial charge in [0, 0.05) is 25.7 Å². The van der Waals surface area contributed by atoms with Gasteiger partial charge in [0.25, 0.3) is 0 Å². The van der Waals surface area contributed by atoms with E-state index < -0.39 is 66.2 Å². The second-order valence-corrected chi connectivity index (χ2v) is 13.4. The van der Waals surface area contributed by atoms with E-state index in [1.165, 1.54) is 0 Å². The first-order valence-corrected chi connectivity index (χ1v) is 16.8. The van der Waals surface area contributed by atoms with Gasteiger partial charge in [0.05, 0.1) is 36.6 Å². The van der Waals surface area contributed by atoms with Gasteiger partial charge in [-0.05, 0) is 56.8 Å². The van der Waals surface area contributed by atoms with E-state index in [0.717, 1.165) is 0 Å². The Kier molecular flexibility index (Phi) is 12.6. The summed E-state index contributed by atoms with van der Waals surface area (Å²) in [6.07, 6.45) is 3.60. The van der Waals surface area contributed by atoms with Crippen LogP contribution in [0.4, 0.5) is 0 Å². The van der Waals surface area contributed by atoms with E-state index >= 15 is 0 Å². The van der Waals surface area contributed by atoms with Gasteiger partial charge in [0.15, 0.2) is 6.10 Å². The molecule has 4 aliphatic heterocycles. The van der Waals surface area contributed by atoms with Gasteiger partial charge in [-0.3, -0.25) is 9.59 Å². The number of fused-ring (bicyclic) bond motifs is 6. The van der Waals surface area contributed by atoms with Gasteiger partial charge < -0.3 is 39.0 Å². The van der Waals surface area contributed by atoms with Crippen molar-refractivity contribution < 1.29 is 53.4 Å². The van der Waals surface area contributed by atoms with Crippen LogP contribution >= 0.6 is 0 Å². The van der Waals surface area contributed by atoms with E-state index in [4.69, 9.17) is 23.7 Å². The average molecular weight is 637 g/mol. The Labute approximate surface area is 266 Å². The summed E-state index contributed by atoms with van der Waals surface area (Å²) in [5, 5.41) is 34.2. The number of allylic oxidation sites excluding steroid dienone is 3. The van der Waals surface area contributed by atoms with Gasteiger partial charge in [-0.2, -0.15) is 0 Å². The largest absolute Gasteiger partial charge is 0.458 e. The quantitative estimate of drug-likeness (QED) is 0.290. The Morgan fingerprint density at radius 2 is 1.53 bits per heavy atom. The molecule has 11 heteroatoms. The molecular formula is C34H52O11. The summed E-state index contributed by atoms with van der Waals surface area (Å²) in [5.41, 5.74) is -2.56. The topological polar surface area (TPSA) is 158 Å². The number of aliphatic hydroxyl groups excluding tert-OH is 2. The van der Waals surface area contributed by atoms with Crippen LogP contribution in [-0.4, -0.2) is 93.8 Å². The monoisotopic (exact) mass is 636 g/mol. The molecule has 0 saturated carbocycles. The zero-order valence-corrected chi connectivity index (χ0v) is 27.0. The van der Waals surface area contributed by atoms with Crippen molar-refractivity contribution in [3.05, 3.63) is 24.3 Å². The molecule has 4 rings (SSSR count). The molecule has 3 N–H and O–H groups in total. The Hall–Kier alpha value is -2.31. The standard InChI is InChI=1S/C34H52O11/c1-5-10-30(37)44-29-18-24-17-22(35)16-23(41-24)14-20(3)12-8-7-9-13-26-21(4)15-27(42-26)25(36)19-28-32(45-31(38)11-6-2)34(29,40)33(39)43-28/h7-9,12,20-29,32,35-36,40H,5-6,10-11,13-19H2,1-4H3/b9-7+,12-8+/t20-,21+,22-,23+,24+,25+,26+,27+,28+,29+,32-,34-/m0/s1. The lowest BCUT2D eigenvalue weighted by atomic mass is 9.83. The van der Waals surface area contributed by atoms with E-state index in [-0.39, 0.29) is 56.1 Å². The maximum atomic E-state index is 13.6. The molecule has 0 aromatic heterocycles. The third kappa shape index (κ3) is 8.94. The lowest BCUT2D eigenvalue weighted by molar-refractivity contribution is -0.200. The molecular weight excluding hydrogens is 584 g/mol. The van der Waals surface area contributed by atoms with Gasteiger partial charge in [-0.15, -0.1) is 0 Å². The van der Waals surface area contributed by atoms with Gasteiger partial charge in [-0.1, -0.05) is 52.0 Å². The molecule has 0 radical (unpaired) electrons. The van der Waals surface area contributed by atoms with E-state index in [1.54, 1.807) is 13.8 Å². The maximum absolute atomic E-state index is 13.6. The van der Waals surface area contributed by atoms with Crippen LogP contribution < -0.4 is 0 Å². The van der Waals surface area contributed by atoms with Crippen LogP contribution in [0.25, 0.3) is 0 Å². The molecule has 0 unspecified atom stereocenters. The predicted octanol–water partition coefficient (Wildman–Crippen LogP) is 3.45. The molecule has 6 bridgehead atoms. The summed E-state index contributed by atoms with van der Waals surface area (Å²) in [6, 6.07) is 0. The summed E-state index contributed by atoms with van der Waals surface area (Å²) >= 11 is 0. The van der Waals surface area contributed by atoms with Crippen molar-refractivity contribution in [2.24, 2.45) is 11.8 Å².